The monoisotopic (exact) mass is 206 g/mol. The van der Waals surface area contributed by atoms with Crippen molar-refractivity contribution >= 4 is 0 Å². The Morgan fingerprint density at radius 1 is 0.714 bits per heavy atom. The Balaban J connectivity index is 2.78. The highest BCUT2D eigenvalue weighted by Crippen LogP contribution is 1.81. The summed E-state index contributed by atoms with van der Waals surface area (Å²) in [6.45, 7) is 4.29. The lowest BCUT2D eigenvalue weighted by Gasteiger charge is -2.05. The topological polar surface area (TPSA) is 60.7 Å². The highest BCUT2D eigenvalue weighted by molar-refractivity contribution is 4.34. The van der Waals surface area contributed by atoms with E-state index >= 15 is 0 Å². The fourth-order valence-electron chi connectivity index (χ4n) is 0.756. The molecule has 0 saturated heterocycles. The number of rotatable bonds is 11. The molecule has 0 aromatic carbocycles. The van der Waals surface area contributed by atoms with Gasteiger partial charge in [0.05, 0.1) is 46.2 Å². The van der Waals surface area contributed by atoms with Crippen LogP contribution < -0.4 is 5.73 Å². The average Bonchev–Trinajstić information content (AvgIpc) is 2.21. The molecule has 85 valence electrons. The number of hydrogen-bond donors (Lipinski definition) is 0. The van der Waals surface area contributed by atoms with Crippen molar-refractivity contribution in [2.75, 3.05) is 59.9 Å². The zero-order chi connectivity index (χ0) is 10.5. The minimum absolute atomic E-state index is 0.306. The number of hydrogen-bond acceptors (Lipinski definition) is 4. The summed E-state index contributed by atoms with van der Waals surface area (Å²) in [5.41, 5.74) is 6.82. The molecule has 0 aromatic rings. The van der Waals surface area contributed by atoms with E-state index in [-0.39, 0.29) is 0 Å². The van der Waals surface area contributed by atoms with Crippen molar-refractivity contribution in [2.24, 2.45) is 0 Å². The van der Waals surface area contributed by atoms with Crippen LogP contribution in [0.15, 0.2) is 0 Å². The van der Waals surface area contributed by atoms with E-state index in [0.29, 0.717) is 52.8 Å². The molecule has 1 N–H and O–H groups in total. The zero-order valence-electron chi connectivity index (χ0n) is 8.79. The molecule has 14 heavy (non-hydrogen) atoms. The lowest BCUT2D eigenvalue weighted by atomic mass is 10.7. The first kappa shape index (κ1) is 13.8. The van der Waals surface area contributed by atoms with E-state index in [1.54, 1.807) is 7.11 Å². The minimum atomic E-state index is 0.306. The second-order valence-corrected chi connectivity index (χ2v) is 2.58. The van der Waals surface area contributed by atoms with Crippen LogP contribution in [0.5, 0.6) is 0 Å². The summed E-state index contributed by atoms with van der Waals surface area (Å²) in [4.78, 5) is 0. The molecule has 5 heteroatoms. The molecule has 0 rings (SSSR count). The van der Waals surface area contributed by atoms with E-state index < -0.39 is 0 Å². The molecule has 0 spiro atoms. The zero-order valence-corrected chi connectivity index (χ0v) is 8.79. The number of nitrogens with one attached hydrogen (secondary N) is 1. The van der Waals surface area contributed by atoms with Crippen molar-refractivity contribution in [3.05, 3.63) is 0 Å². The molecule has 0 heterocycles. The Bertz CT molecular complexity index is 90.8. The van der Waals surface area contributed by atoms with Crippen LogP contribution >= 0.6 is 0 Å². The van der Waals surface area contributed by atoms with E-state index in [1.165, 1.54) is 0 Å². The van der Waals surface area contributed by atoms with Crippen LogP contribution in [0.3, 0.4) is 0 Å². The second-order valence-electron chi connectivity index (χ2n) is 2.58. The highest BCUT2D eigenvalue weighted by Gasteiger charge is 1.90. The van der Waals surface area contributed by atoms with E-state index in [1.807, 2.05) is 0 Å². The summed E-state index contributed by atoms with van der Waals surface area (Å²) in [5, 5.41) is 0. The molecule has 0 aliphatic rings. The van der Waals surface area contributed by atoms with E-state index in [4.69, 9.17) is 24.7 Å². The highest BCUT2D eigenvalue weighted by atomic mass is 16.6. The second kappa shape index (κ2) is 12.8. The minimum Gasteiger partial charge on any atom is -0.382 e. The van der Waals surface area contributed by atoms with Gasteiger partial charge in [-0.1, -0.05) is 0 Å². The average molecular weight is 206 g/mol. The van der Waals surface area contributed by atoms with Gasteiger partial charge < -0.3 is 18.9 Å². The van der Waals surface area contributed by atoms with Crippen LogP contribution in [-0.4, -0.2) is 59.9 Å². The van der Waals surface area contributed by atoms with Crippen LogP contribution in [0, 0.1) is 0 Å². The molecule has 5 nitrogen and oxygen atoms in total. The summed E-state index contributed by atoms with van der Waals surface area (Å²) in [5.74, 6) is 0. The molecular formula is C9H20NO4. The van der Waals surface area contributed by atoms with Gasteiger partial charge in [-0.05, 0) is 0 Å². The summed E-state index contributed by atoms with van der Waals surface area (Å²) in [6, 6.07) is 0. The molecule has 1 radical (unpaired) electrons. The van der Waals surface area contributed by atoms with Crippen molar-refractivity contribution in [2.45, 2.75) is 0 Å². The molecular weight excluding hydrogens is 186 g/mol. The van der Waals surface area contributed by atoms with Crippen molar-refractivity contribution < 1.29 is 18.9 Å². The molecule has 0 unspecified atom stereocenters. The molecule has 0 amide bonds. The lowest BCUT2D eigenvalue weighted by molar-refractivity contribution is 0.00458. The summed E-state index contributed by atoms with van der Waals surface area (Å²) in [6.07, 6.45) is 0. The van der Waals surface area contributed by atoms with Gasteiger partial charge in [0.25, 0.3) is 0 Å². The molecule has 0 saturated carbocycles. The van der Waals surface area contributed by atoms with Crippen molar-refractivity contribution in [3.8, 4) is 0 Å². The SMILES string of the molecule is COCCOCCOCCOCC[NH]. The number of methoxy groups -OCH3 is 1. The van der Waals surface area contributed by atoms with Gasteiger partial charge in [-0.15, -0.1) is 0 Å². The van der Waals surface area contributed by atoms with Gasteiger partial charge in [0, 0.05) is 13.7 Å². The molecule has 0 fully saturated rings. The maximum Gasteiger partial charge on any atom is 0.0701 e. The Morgan fingerprint density at radius 3 is 1.57 bits per heavy atom. The van der Waals surface area contributed by atoms with Gasteiger partial charge in [0.1, 0.15) is 0 Å². The van der Waals surface area contributed by atoms with E-state index in [2.05, 4.69) is 0 Å². The molecule has 0 atom stereocenters. The quantitative estimate of drug-likeness (QED) is 0.445. The maximum atomic E-state index is 6.82. The van der Waals surface area contributed by atoms with Crippen molar-refractivity contribution in [1.82, 2.24) is 5.73 Å². The van der Waals surface area contributed by atoms with Crippen molar-refractivity contribution in [3.63, 3.8) is 0 Å². The Kier molecular flexibility index (Phi) is 12.6. The third-order valence-electron chi connectivity index (χ3n) is 1.42. The van der Waals surface area contributed by atoms with Crippen LogP contribution in [0.4, 0.5) is 0 Å². The van der Waals surface area contributed by atoms with Crippen LogP contribution in [0.1, 0.15) is 0 Å². The third kappa shape index (κ3) is 11.8. The Hall–Kier alpha value is -0.200. The molecule has 0 aromatic heterocycles. The first-order valence-corrected chi connectivity index (χ1v) is 4.78. The predicted molar refractivity (Wildman–Crippen MR) is 52.3 cm³/mol. The van der Waals surface area contributed by atoms with Gasteiger partial charge in [0.15, 0.2) is 0 Å². The summed E-state index contributed by atoms with van der Waals surface area (Å²) < 4.78 is 20.3. The fraction of sp³-hybridized carbons (Fsp3) is 1.00. The standard InChI is InChI=1S/C9H20NO4/c1-11-4-5-13-8-9-14-7-6-12-3-2-10/h10H,2-9H2,1H3. The third-order valence-corrected chi connectivity index (χ3v) is 1.42. The first-order chi connectivity index (χ1) is 6.91. The van der Waals surface area contributed by atoms with Crippen LogP contribution in [0.25, 0.3) is 0 Å². The Labute approximate surface area is 85.5 Å². The summed E-state index contributed by atoms with van der Waals surface area (Å²) >= 11 is 0. The van der Waals surface area contributed by atoms with Gasteiger partial charge in [-0.25, -0.2) is 0 Å². The largest absolute Gasteiger partial charge is 0.382 e. The van der Waals surface area contributed by atoms with Gasteiger partial charge >= 0.3 is 0 Å². The predicted octanol–water partition coefficient (Wildman–Crippen LogP) is -0.0345. The van der Waals surface area contributed by atoms with E-state index in [0.717, 1.165) is 0 Å². The Morgan fingerprint density at radius 2 is 1.14 bits per heavy atom. The number of ether oxygens (including phenoxy) is 4. The van der Waals surface area contributed by atoms with Crippen LogP contribution in [0.2, 0.25) is 0 Å². The first-order valence-electron chi connectivity index (χ1n) is 4.78. The van der Waals surface area contributed by atoms with Crippen molar-refractivity contribution in [1.29, 1.82) is 0 Å². The van der Waals surface area contributed by atoms with Gasteiger partial charge in [-0.2, -0.15) is 0 Å². The fourth-order valence-corrected chi connectivity index (χ4v) is 0.756. The van der Waals surface area contributed by atoms with Gasteiger partial charge in [0.2, 0.25) is 0 Å². The molecule has 0 bridgehead atoms. The summed E-state index contributed by atoms with van der Waals surface area (Å²) in [7, 11) is 1.64. The maximum absolute atomic E-state index is 6.82. The van der Waals surface area contributed by atoms with Crippen LogP contribution in [-0.2, 0) is 18.9 Å². The molecule has 0 aliphatic carbocycles. The lowest BCUT2D eigenvalue weighted by Crippen LogP contribution is -2.12. The smallest absolute Gasteiger partial charge is 0.0701 e. The normalized spacial score (nSPS) is 10.7. The van der Waals surface area contributed by atoms with Gasteiger partial charge in [-0.3, -0.25) is 5.73 Å². The molecule has 0 aliphatic heterocycles. The van der Waals surface area contributed by atoms with E-state index in [9.17, 15) is 0 Å².